The largest absolute Gasteiger partial charge is 0.488 e. The molecule has 0 aromatic carbocycles. The highest BCUT2D eigenvalue weighted by Gasteiger charge is 2.41. The quantitative estimate of drug-likeness (QED) is 0.725. The van der Waals surface area contributed by atoms with E-state index in [1.54, 1.807) is 20.4 Å². The zero-order valence-electron chi connectivity index (χ0n) is 13.8. The number of methoxy groups -OCH3 is 2. The van der Waals surface area contributed by atoms with Gasteiger partial charge in [0, 0.05) is 37.7 Å². The minimum Gasteiger partial charge on any atom is -0.488 e. The van der Waals surface area contributed by atoms with Gasteiger partial charge < -0.3 is 14.2 Å². The Morgan fingerprint density at radius 1 is 1.32 bits per heavy atom. The van der Waals surface area contributed by atoms with Crippen molar-refractivity contribution in [2.75, 3.05) is 27.4 Å². The highest BCUT2D eigenvalue weighted by Crippen LogP contribution is 2.43. The number of carbonyl (C=O) groups excluding carboxylic acids is 1. The average molecular weight is 307 g/mol. The third kappa shape index (κ3) is 3.58. The number of pyridine rings is 1. The molecule has 1 fully saturated rings. The molecule has 0 amide bonds. The summed E-state index contributed by atoms with van der Waals surface area (Å²) in [6.07, 6.45) is 4.29. The topological polar surface area (TPSA) is 57.7 Å². The van der Waals surface area contributed by atoms with Crippen LogP contribution in [0.1, 0.15) is 44.6 Å². The van der Waals surface area contributed by atoms with Crippen molar-refractivity contribution in [3.63, 3.8) is 0 Å². The van der Waals surface area contributed by atoms with Gasteiger partial charge in [0.2, 0.25) is 0 Å². The fraction of sp³-hybridized carbons (Fsp3) is 0.647. The predicted octanol–water partition coefficient (Wildman–Crippen LogP) is 2.98. The first kappa shape index (κ1) is 16.7. The first-order valence-corrected chi connectivity index (χ1v) is 7.69. The van der Waals surface area contributed by atoms with Crippen LogP contribution in [0.5, 0.6) is 11.6 Å². The summed E-state index contributed by atoms with van der Waals surface area (Å²) in [5.74, 6) is 1.24. The number of hydrogen-bond acceptors (Lipinski definition) is 5. The number of aromatic nitrogens is 1. The van der Waals surface area contributed by atoms with Gasteiger partial charge in [-0.25, -0.2) is 4.98 Å². The van der Waals surface area contributed by atoms with Crippen molar-refractivity contribution in [3.8, 4) is 11.6 Å². The summed E-state index contributed by atoms with van der Waals surface area (Å²) in [7, 11) is 3.23. The molecule has 1 atom stereocenters. The Bertz CT molecular complexity index is 527. The lowest BCUT2D eigenvalue weighted by atomic mass is 9.87. The molecule has 22 heavy (non-hydrogen) atoms. The number of ketones is 1. The number of hydrogen-bond donors (Lipinski definition) is 0. The summed E-state index contributed by atoms with van der Waals surface area (Å²) in [4.78, 5) is 16.8. The normalized spacial score (nSPS) is 20.2. The van der Waals surface area contributed by atoms with E-state index in [1.165, 1.54) is 0 Å². The van der Waals surface area contributed by atoms with E-state index in [-0.39, 0.29) is 17.1 Å². The van der Waals surface area contributed by atoms with Crippen LogP contribution in [0.25, 0.3) is 0 Å². The number of carbonyl (C=O) groups is 1. The average Bonchev–Trinajstić information content (AvgIpc) is 2.78. The number of nitrogens with zero attached hydrogens (tertiary/aromatic N) is 1. The molecular formula is C17H25NO4. The maximum atomic E-state index is 12.5. The van der Waals surface area contributed by atoms with Crippen molar-refractivity contribution in [3.05, 3.63) is 17.8 Å². The summed E-state index contributed by atoms with van der Waals surface area (Å²) < 4.78 is 16.0. The molecule has 0 spiro atoms. The monoisotopic (exact) mass is 307 g/mol. The summed E-state index contributed by atoms with van der Waals surface area (Å²) in [5, 5.41) is 0. The van der Waals surface area contributed by atoms with Crippen LogP contribution in [0.15, 0.2) is 12.3 Å². The molecule has 1 heterocycles. The van der Waals surface area contributed by atoms with Crippen LogP contribution in [0.2, 0.25) is 0 Å². The lowest BCUT2D eigenvalue weighted by Gasteiger charge is -2.17. The molecule has 0 radical (unpaired) electrons. The molecule has 2 rings (SSSR count). The molecule has 122 valence electrons. The molecule has 1 unspecified atom stereocenters. The molecular weight excluding hydrogens is 282 g/mol. The summed E-state index contributed by atoms with van der Waals surface area (Å²) in [6.45, 7) is 5.19. The number of ether oxygens (including phenoxy) is 3. The lowest BCUT2D eigenvalue weighted by Crippen LogP contribution is -2.20. The maximum Gasteiger partial charge on any atom is 0.256 e. The molecule has 0 N–H and O–H groups in total. The molecule has 5 nitrogen and oxygen atoms in total. The van der Waals surface area contributed by atoms with Gasteiger partial charge in [-0.2, -0.15) is 0 Å². The second kappa shape index (κ2) is 7.09. The minimum atomic E-state index is -0.246. The standard InChI is InChI=1S/C17H25NO4/c1-17(2)7-6-13(15(17)19)12-10-14(16(21-4)18-11-12)22-9-5-8-20-3/h10-11,13H,5-9H2,1-4H3. The van der Waals surface area contributed by atoms with Crippen molar-refractivity contribution in [1.29, 1.82) is 0 Å². The minimum absolute atomic E-state index is 0.0882. The van der Waals surface area contributed by atoms with Crippen LogP contribution in [-0.4, -0.2) is 38.2 Å². The molecule has 1 aromatic rings. The van der Waals surface area contributed by atoms with E-state index < -0.39 is 0 Å². The molecule has 1 aliphatic carbocycles. The molecule has 1 aliphatic rings. The van der Waals surface area contributed by atoms with Crippen LogP contribution in [-0.2, 0) is 9.53 Å². The summed E-state index contributed by atoms with van der Waals surface area (Å²) >= 11 is 0. The Kier molecular flexibility index (Phi) is 5.40. The van der Waals surface area contributed by atoms with Gasteiger partial charge >= 0.3 is 0 Å². The third-order valence-electron chi connectivity index (χ3n) is 4.23. The first-order valence-electron chi connectivity index (χ1n) is 7.69. The van der Waals surface area contributed by atoms with E-state index >= 15 is 0 Å². The summed E-state index contributed by atoms with van der Waals surface area (Å²) in [6, 6.07) is 1.89. The van der Waals surface area contributed by atoms with E-state index in [9.17, 15) is 4.79 Å². The van der Waals surface area contributed by atoms with Gasteiger partial charge in [-0.1, -0.05) is 13.8 Å². The Balaban J connectivity index is 2.15. The van der Waals surface area contributed by atoms with Crippen LogP contribution in [0.3, 0.4) is 0 Å². The number of rotatable bonds is 7. The Labute approximate surface area is 132 Å². The number of Topliss-reactive ketones (excluding diaryl/α,β-unsaturated/α-hetero) is 1. The van der Waals surface area contributed by atoms with Crippen LogP contribution in [0, 0.1) is 5.41 Å². The van der Waals surface area contributed by atoms with Crippen LogP contribution >= 0.6 is 0 Å². The Morgan fingerprint density at radius 3 is 2.68 bits per heavy atom. The fourth-order valence-electron chi connectivity index (χ4n) is 2.83. The molecule has 1 aromatic heterocycles. The fourth-order valence-corrected chi connectivity index (χ4v) is 2.83. The third-order valence-corrected chi connectivity index (χ3v) is 4.23. The zero-order valence-corrected chi connectivity index (χ0v) is 13.8. The van der Waals surface area contributed by atoms with Crippen molar-refractivity contribution in [2.24, 2.45) is 5.41 Å². The smallest absolute Gasteiger partial charge is 0.256 e. The lowest BCUT2D eigenvalue weighted by molar-refractivity contribution is -0.125. The van der Waals surface area contributed by atoms with Crippen molar-refractivity contribution < 1.29 is 19.0 Å². The van der Waals surface area contributed by atoms with Crippen LogP contribution in [0.4, 0.5) is 0 Å². The van der Waals surface area contributed by atoms with Gasteiger partial charge in [-0.3, -0.25) is 4.79 Å². The van der Waals surface area contributed by atoms with Gasteiger partial charge in [-0.15, -0.1) is 0 Å². The molecule has 0 saturated heterocycles. The second-order valence-corrected chi connectivity index (χ2v) is 6.31. The highest BCUT2D eigenvalue weighted by molar-refractivity contribution is 5.92. The van der Waals surface area contributed by atoms with Gasteiger partial charge in [-0.05, 0) is 24.5 Å². The van der Waals surface area contributed by atoms with Gasteiger partial charge in [0.1, 0.15) is 5.78 Å². The van der Waals surface area contributed by atoms with E-state index in [0.29, 0.717) is 24.8 Å². The van der Waals surface area contributed by atoms with Gasteiger partial charge in [0.15, 0.2) is 5.75 Å². The SMILES string of the molecule is COCCCOc1cc(C2CCC(C)(C)C2=O)cnc1OC. The molecule has 1 saturated carbocycles. The Hall–Kier alpha value is -1.62. The van der Waals surface area contributed by atoms with E-state index in [0.717, 1.165) is 24.8 Å². The van der Waals surface area contributed by atoms with Crippen molar-refractivity contribution in [1.82, 2.24) is 4.98 Å². The van der Waals surface area contributed by atoms with Gasteiger partial charge in [0.05, 0.1) is 13.7 Å². The molecule has 0 bridgehead atoms. The van der Waals surface area contributed by atoms with E-state index in [2.05, 4.69) is 4.98 Å². The van der Waals surface area contributed by atoms with E-state index in [1.807, 2.05) is 19.9 Å². The Morgan fingerprint density at radius 2 is 2.09 bits per heavy atom. The summed E-state index contributed by atoms with van der Waals surface area (Å²) in [5.41, 5.74) is 0.669. The maximum absolute atomic E-state index is 12.5. The first-order chi connectivity index (χ1) is 10.5. The van der Waals surface area contributed by atoms with Crippen LogP contribution < -0.4 is 9.47 Å². The second-order valence-electron chi connectivity index (χ2n) is 6.31. The molecule has 5 heteroatoms. The molecule has 0 aliphatic heterocycles. The van der Waals surface area contributed by atoms with Crippen molar-refractivity contribution >= 4 is 5.78 Å². The highest BCUT2D eigenvalue weighted by atomic mass is 16.5. The predicted molar refractivity (Wildman–Crippen MR) is 83.5 cm³/mol. The zero-order chi connectivity index (χ0) is 16.2. The van der Waals surface area contributed by atoms with E-state index in [4.69, 9.17) is 14.2 Å². The van der Waals surface area contributed by atoms with Gasteiger partial charge in [0.25, 0.3) is 5.88 Å². The van der Waals surface area contributed by atoms with Crippen molar-refractivity contribution in [2.45, 2.75) is 39.0 Å².